The Morgan fingerprint density at radius 2 is 0.853 bits per heavy atom. The van der Waals surface area contributed by atoms with Crippen LogP contribution >= 0.6 is 7.82 Å². The lowest BCUT2D eigenvalue weighted by atomic mass is 10.0. The topological polar surface area (TPSA) is 114 Å². The molecule has 0 aromatic heterocycles. The Morgan fingerprint density at radius 3 is 1.28 bits per heavy atom. The fourth-order valence-corrected chi connectivity index (χ4v) is 10.1. The van der Waals surface area contributed by atoms with Crippen molar-refractivity contribution in [2.45, 2.75) is 315 Å². The van der Waals surface area contributed by atoms with Crippen LogP contribution in [0.4, 0.5) is 0 Å². The number of rotatable bonds is 58. The van der Waals surface area contributed by atoms with E-state index in [9.17, 15) is 19.0 Å². The van der Waals surface area contributed by atoms with E-state index in [1.54, 1.807) is 0 Å². The molecule has 0 aromatic carbocycles. The summed E-state index contributed by atoms with van der Waals surface area (Å²) in [5, 5.41) is 3.02. The van der Waals surface area contributed by atoms with E-state index in [0.29, 0.717) is 23.9 Å². The van der Waals surface area contributed by atoms with Crippen LogP contribution in [0.5, 0.6) is 0 Å². The number of hydrogen-bond donors (Lipinski definition) is 1. The highest BCUT2D eigenvalue weighted by atomic mass is 31.2. The molecule has 440 valence electrons. The van der Waals surface area contributed by atoms with E-state index in [0.717, 1.165) is 83.5 Å². The normalized spacial score (nSPS) is 14.0. The van der Waals surface area contributed by atoms with Gasteiger partial charge in [0.15, 0.2) is 0 Å². The molecule has 0 heterocycles. The molecular formula is C65H123N2O7P. The minimum Gasteiger partial charge on any atom is -0.756 e. The van der Waals surface area contributed by atoms with E-state index in [4.69, 9.17) is 13.8 Å². The molecule has 9 nitrogen and oxygen atoms in total. The Morgan fingerprint density at radius 1 is 0.480 bits per heavy atom. The van der Waals surface area contributed by atoms with Crippen molar-refractivity contribution >= 4 is 19.7 Å². The monoisotopic (exact) mass is 1070 g/mol. The van der Waals surface area contributed by atoms with Gasteiger partial charge in [0.05, 0.1) is 33.8 Å². The van der Waals surface area contributed by atoms with Crippen molar-refractivity contribution in [1.29, 1.82) is 0 Å². The maximum atomic E-state index is 13.5. The number of ether oxygens (including phenoxy) is 1. The summed E-state index contributed by atoms with van der Waals surface area (Å²) in [7, 11) is 1.18. The van der Waals surface area contributed by atoms with Crippen LogP contribution in [0.1, 0.15) is 303 Å². The molecule has 0 aliphatic rings. The summed E-state index contributed by atoms with van der Waals surface area (Å²) in [6.45, 7) is 6.74. The Hall–Kier alpha value is -2.03. The first-order valence-corrected chi connectivity index (χ1v) is 33.4. The molecule has 0 saturated carbocycles. The maximum absolute atomic E-state index is 13.5. The van der Waals surface area contributed by atoms with Crippen molar-refractivity contribution in [1.82, 2.24) is 5.32 Å². The molecule has 1 amide bonds. The molecule has 0 aromatic rings. The number of amides is 1. The molecular weight excluding hydrogens is 952 g/mol. The van der Waals surface area contributed by atoms with Crippen LogP contribution < -0.4 is 10.2 Å². The largest absolute Gasteiger partial charge is 0.756 e. The number of allylic oxidation sites excluding steroid dienone is 7. The maximum Gasteiger partial charge on any atom is 0.306 e. The van der Waals surface area contributed by atoms with Gasteiger partial charge in [-0.15, -0.1) is 0 Å². The lowest BCUT2D eigenvalue weighted by Gasteiger charge is -2.30. The zero-order chi connectivity index (χ0) is 55.0. The van der Waals surface area contributed by atoms with Crippen molar-refractivity contribution in [3.05, 3.63) is 48.6 Å². The van der Waals surface area contributed by atoms with Crippen molar-refractivity contribution < 1.29 is 37.3 Å². The minimum absolute atomic E-state index is 0.0260. The number of quaternary nitrogens is 1. The number of phosphoric acid groups is 1. The smallest absolute Gasteiger partial charge is 0.306 e. The Bertz CT molecular complexity index is 1420. The van der Waals surface area contributed by atoms with Gasteiger partial charge in [0.2, 0.25) is 5.91 Å². The Kier molecular flexibility index (Phi) is 53.8. The van der Waals surface area contributed by atoms with Crippen LogP contribution in [-0.2, 0) is 27.9 Å². The summed E-state index contributed by atoms with van der Waals surface area (Å²) in [6.07, 6.45) is 68.1. The van der Waals surface area contributed by atoms with Crippen molar-refractivity contribution in [3.8, 4) is 0 Å². The van der Waals surface area contributed by atoms with Crippen LogP contribution in [0.25, 0.3) is 0 Å². The number of hydrogen-bond acceptors (Lipinski definition) is 7. The number of carbonyl (C=O) groups excluding carboxylic acids is 2. The number of phosphoric ester groups is 1. The van der Waals surface area contributed by atoms with Gasteiger partial charge >= 0.3 is 5.97 Å². The second-order valence-corrected chi connectivity index (χ2v) is 24.3. The summed E-state index contributed by atoms with van der Waals surface area (Å²) in [5.74, 6) is -0.556. The first-order valence-electron chi connectivity index (χ1n) is 31.9. The SMILES string of the molecule is CC/C=C/C/C=C/C/C=C/CCCCCCC(=O)NC(COP(=O)([O-])OCC[N+](C)(C)C)C(/C=C\CCCCCCCCCCCC)OC(=O)CCCCCCCCCCCCCCCCCCCCCCCCC. The zero-order valence-electron chi connectivity index (χ0n) is 50.3. The minimum atomic E-state index is -4.70. The zero-order valence-corrected chi connectivity index (χ0v) is 51.2. The molecule has 0 rings (SSSR count). The number of unbranched alkanes of at least 4 members (excludes halogenated alkanes) is 36. The van der Waals surface area contributed by atoms with Gasteiger partial charge in [-0.1, -0.05) is 275 Å². The van der Waals surface area contributed by atoms with Gasteiger partial charge < -0.3 is 28.5 Å². The van der Waals surface area contributed by atoms with Gasteiger partial charge in [-0.25, -0.2) is 0 Å². The Labute approximate surface area is 465 Å². The van der Waals surface area contributed by atoms with Crippen molar-refractivity contribution in [3.63, 3.8) is 0 Å². The molecule has 75 heavy (non-hydrogen) atoms. The van der Waals surface area contributed by atoms with E-state index >= 15 is 0 Å². The predicted octanol–water partition coefficient (Wildman–Crippen LogP) is 19.0. The third-order valence-electron chi connectivity index (χ3n) is 14.3. The molecule has 0 aliphatic heterocycles. The van der Waals surface area contributed by atoms with Crippen molar-refractivity contribution in [2.75, 3.05) is 40.9 Å². The molecule has 3 atom stereocenters. The summed E-state index contributed by atoms with van der Waals surface area (Å²) < 4.78 is 30.3. The molecule has 0 fully saturated rings. The lowest BCUT2D eigenvalue weighted by molar-refractivity contribution is -0.870. The van der Waals surface area contributed by atoms with Gasteiger partial charge in [0.25, 0.3) is 7.82 Å². The van der Waals surface area contributed by atoms with E-state index < -0.39 is 26.6 Å². The highest BCUT2D eigenvalue weighted by Gasteiger charge is 2.27. The molecule has 0 spiro atoms. The van der Waals surface area contributed by atoms with Crippen LogP contribution in [0, 0.1) is 0 Å². The second kappa shape index (κ2) is 55.3. The molecule has 0 radical (unpaired) electrons. The van der Waals surface area contributed by atoms with Gasteiger partial charge in [-0.3, -0.25) is 14.2 Å². The molecule has 3 unspecified atom stereocenters. The van der Waals surface area contributed by atoms with Crippen LogP contribution in [0.3, 0.4) is 0 Å². The third kappa shape index (κ3) is 56.5. The highest BCUT2D eigenvalue weighted by molar-refractivity contribution is 7.45. The highest BCUT2D eigenvalue weighted by Crippen LogP contribution is 2.38. The number of nitrogens with zero attached hydrogens (tertiary/aromatic N) is 1. The van der Waals surface area contributed by atoms with E-state index in [2.05, 4.69) is 62.5 Å². The fraction of sp³-hybridized carbons (Fsp3) is 0.846. The van der Waals surface area contributed by atoms with Gasteiger partial charge in [0, 0.05) is 12.8 Å². The van der Waals surface area contributed by atoms with Gasteiger partial charge in [0.1, 0.15) is 19.3 Å². The predicted molar refractivity (Wildman–Crippen MR) is 321 cm³/mol. The number of carbonyl (C=O) groups is 2. The van der Waals surface area contributed by atoms with E-state index in [1.165, 1.54) is 180 Å². The summed E-state index contributed by atoms with van der Waals surface area (Å²) in [5.41, 5.74) is 0. The van der Waals surface area contributed by atoms with E-state index in [-0.39, 0.29) is 24.9 Å². The fourth-order valence-electron chi connectivity index (χ4n) is 9.36. The van der Waals surface area contributed by atoms with Crippen LogP contribution in [-0.4, -0.2) is 69.4 Å². The summed E-state index contributed by atoms with van der Waals surface area (Å²) >= 11 is 0. The molecule has 0 aliphatic carbocycles. The molecule has 0 saturated heterocycles. The summed E-state index contributed by atoms with van der Waals surface area (Å²) in [6, 6.07) is -0.897. The van der Waals surface area contributed by atoms with Gasteiger partial charge in [-0.2, -0.15) is 0 Å². The number of likely N-dealkylation sites (N-methyl/N-ethyl adjacent to an activating group) is 1. The summed E-state index contributed by atoms with van der Waals surface area (Å²) in [4.78, 5) is 40.0. The number of nitrogens with one attached hydrogen (secondary N) is 1. The Balaban J connectivity index is 5.13. The van der Waals surface area contributed by atoms with Gasteiger partial charge in [-0.05, 0) is 63.9 Å². The standard InChI is InChI=1S/C65H123N2O7P/c1-7-10-13-16-19-22-25-28-30-31-32-33-34-35-36-37-38-40-43-46-49-52-55-58-65(69)74-63(56-53-50-47-44-41-27-24-21-18-15-12-9-3)62(61-73-75(70,71)72-60-59-67(4,5)6)66-64(68)57-54-51-48-45-42-39-29-26-23-20-17-14-11-8-2/h11,14,20,23,29,39,53,56,62-63H,7-10,12-13,15-19,21-22,24-28,30-38,40-52,54-55,57-61H2,1-6H3,(H-,66,68,70,71)/b14-11+,23-20+,39-29+,56-53-. The van der Waals surface area contributed by atoms with Crippen LogP contribution in [0.15, 0.2) is 48.6 Å². The quantitative estimate of drug-likeness (QED) is 0.0212. The third-order valence-corrected chi connectivity index (χ3v) is 15.2. The molecule has 10 heteroatoms. The molecule has 0 bridgehead atoms. The lowest BCUT2D eigenvalue weighted by Crippen LogP contribution is -2.47. The first-order chi connectivity index (χ1) is 36.4. The average Bonchev–Trinajstić information content (AvgIpc) is 3.37. The van der Waals surface area contributed by atoms with E-state index in [1.807, 2.05) is 33.3 Å². The van der Waals surface area contributed by atoms with Crippen LogP contribution in [0.2, 0.25) is 0 Å². The second-order valence-electron chi connectivity index (χ2n) is 22.9. The van der Waals surface area contributed by atoms with Crippen molar-refractivity contribution in [2.24, 2.45) is 0 Å². The average molecular weight is 1080 g/mol. The first kappa shape index (κ1) is 73.0. The number of esters is 1. The molecule has 1 N–H and O–H groups in total.